The number of nitrogen functional groups attached to an aromatic ring is 1. The van der Waals surface area contributed by atoms with E-state index in [1.54, 1.807) is 36.4 Å². The van der Waals surface area contributed by atoms with Crippen LogP contribution in [0.4, 0.5) is 5.69 Å². The van der Waals surface area contributed by atoms with Gasteiger partial charge < -0.3 is 16.9 Å². The number of benzene rings is 2. The fraction of sp³-hybridized carbons (Fsp3) is 0. The highest BCUT2D eigenvalue weighted by Gasteiger charge is 2.09. The molecule has 96 valence electrons. The molecule has 2 rings (SSSR count). The second kappa shape index (κ2) is 5.12. The summed E-state index contributed by atoms with van der Waals surface area (Å²) < 4.78 is 0. The van der Waals surface area contributed by atoms with Crippen LogP contribution in [0.1, 0.15) is 15.9 Å². The molecule has 5 heteroatoms. The summed E-state index contributed by atoms with van der Waals surface area (Å²) in [5, 5.41) is 7.93. The van der Waals surface area contributed by atoms with Gasteiger partial charge in [0, 0.05) is 28.1 Å². The highest BCUT2D eigenvalue weighted by atomic mass is 35.5. The predicted octanol–water partition coefficient (Wildman–Crippen LogP) is 2.69. The fourth-order valence-electron chi connectivity index (χ4n) is 1.85. The molecule has 5 N–H and O–H groups in total. The summed E-state index contributed by atoms with van der Waals surface area (Å²) in [6.07, 6.45) is 1.18. The maximum absolute atomic E-state index is 11.0. The van der Waals surface area contributed by atoms with Crippen LogP contribution >= 0.6 is 11.6 Å². The third kappa shape index (κ3) is 2.58. The van der Waals surface area contributed by atoms with Gasteiger partial charge in [0.2, 0.25) is 5.91 Å². The number of nitrogens with two attached hydrogens (primary N) is 2. The Bertz CT molecular complexity index is 650. The first kappa shape index (κ1) is 13.1. The lowest BCUT2D eigenvalue weighted by atomic mass is 9.98. The fourth-order valence-corrected chi connectivity index (χ4v) is 2.08. The van der Waals surface area contributed by atoms with Gasteiger partial charge in [0.05, 0.1) is 0 Å². The molecule has 0 atom stereocenters. The number of nitrogens with one attached hydrogen (secondary N) is 1. The first-order chi connectivity index (χ1) is 9.02. The van der Waals surface area contributed by atoms with E-state index in [1.165, 1.54) is 6.21 Å². The van der Waals surface area contributed by atoms with Crippen molar-refractivity contribution in [2.45, 2.75) is 0 Å². The molecule has 0 saturated heterocycles. The number of carbonyl (C=O) groups excluding carboxylic acids is 1. The number of hydrogen-bond acceptors (Lipinski definition) is 3. The van der Waals surface area contributed by atoms with Crippen molar-refractivity contribution < 1.29 is 4.79 Å². The lowest BCUT2D eigenvalue weighted by molar-refractivity contribution is 0.100. The van der Waals surface area contributed by atoms with Gasteiger partial charge in [-0.25, -0.2) is 0 Å². The molecule has 0 saturated carbocycles. The van der Waals surface area contributed by atoms with Gasteiger partial charge in [-0.15, -0.1) is 0 Å². The van der Waals surface area contributed by atoms with Gasteiger partial charge in [-0.1, -0.05) is 23.7 Å². The second-order valence-electron chi connectivity index (χ2n) is 4.04. The zero-order valence-electron chi connectivity index (χ0n) is 9.98. The first-order valence-electron chi connectivity index (χ1n) is 5.52. The highest BCUT2D eigenvalue weighted by Crippen LogP contribution is 2.30. The van der Waals surface area contributed by atoms with Crippen LogP contribution in [0.2, 0.25) is 5.02 Å². The molecule has 0 radical (unpaired) electrons. The van der Waals surface area contributed by atoms with Crippen LogP contribution in [-0.2, 0) is 0 Å². The Morgan fingerprint density at radius 1 is 1.21 bits per heavy atom. The molecule has 2 aromatic rings. The molecule has 2 aromatic carbocycles. The van der Waals surface area contributed by atoms with Gasteiger partial charge >= 0.3 is 0 Å². The summed E-state index contributed by atoms with van der Waals surface area (Å²) in [6, 6.07) is 10.1. The van der Waals surface area contributed by atoms with Crippen molar-refractivity contribution in [3.05, 3.63) is 52.5 Å². The molecule has 0 spiro atoms. The van der Waals surface area contributed by atoms with Gasteiger partial charge in [0.1, 0.15) is 0 Å². The number of hydrogen-bond donors (Lipinski definition) is 3. The van der Waals surface area contributed by atoms with Crippen LogP contribution in [0.5, 0.6) is 0 Å². The lowest BCUT2D eigenvalue weighted by Crippen LogP contribution is -2.10. The van der Waals surface area contributed by atoms with Gasteiger partial charge in [-0.3, -0.25) is 4.79 Å². The third-order valence-corrected chi connectivity index (χ3v) is 3.02. The van der Waals surface area contributed by atoms with E-state index in [0.29, 0.717) is 21.8 Å². The lowest BCUT2D eigenvalue weighted by Gasteiger charge is -2.10. The first-order valence-corrected chi connectivity index (χ1v) is 5.90. The maximum Gasteiger partial charge on any atom is 0.248 e. The smallest absolute Gasteiger partial charge is 0.248 e. The molecule has 4 nitrogen and oxygen atoms in total. The topological polar surface area (TPSA) is 93.0 Å². The van der Waals surface area contributed by atoms with Gasteiger partial charge in [-0.05, 0) is 35.4 Å². The van der Waals surface area contributed by atoms with E-state index >= 15 is 0 Å². The molecule has 19 heavy (non-hydrogen) atoms. The maximum atomic E-state index is 11.0. The predicted molar refractivity (Wildman–Crippen MR) is 77.7 cm³/mol. The van der Waals surface area contributed by atoms with E-state index in [-0.39, 0.29) is 0 Å². The van der Waals surface area contributed by atoms with Crippen LogP contribution in [0.25, 0.3) is 11.1 Å². The molecule has 0 aliphatic carbocycles. The van der Waals surface area contributed by atoms with Crippen LogP contribution in [-0.4, -0.2) is 12.1 Å². The standard InChI is InChI=1S/C14H12ClN3O/c15-10-5-11(12(7-16)13(17)6-10)8-1-3-9(4-2-8)14(18)19/h1-7,16H,17H2,(H2,18,19). The number of halogens is 1. The van der Waals surface area contributed by atoms with Crippen molar-refractivity contribution in [2.75, 3.05) is 5.73 Å². The Balaban J connectivity index is 2.58. The van der Waals surface area contributed by atoms with E-state index in [9.17, 15) is 4.79 Å². The Kier molecular flexibility index (Phi) is 3.53. The Hall–Kier alpha value is -2.33. The molecule has 0 aliphatic heterocycles. The van der Waals surface area contributed by atoms with Crippen LogP contribution in [0, 0.1) is 5.41 Å². The van der Waals surface area contributed by atoms with Crippen LogP contribution in [0.15, 0.2) is 36.4 Å². The number of rotatable bonds is 3. The SMILES string of the molecule is N=Cc1c(N)cc(Cl)cc1-c1ccc(C(N)=O)cc1. The van der Waals surface area contributed by atoms with Crippen molar-refractivity contribution in [3.8, 4) is 11.1 Å². The largest absolute Gasteiger partial charge is 0.398 e. The zero-order valence-corrected chi connectivity index (χ0v) is 10.7. The Labute approximate surface area is 115 Å². The monoisotopic (exact) mass is 273 g/mol. The molecule has 0 fully saturated rings. The second-order valence-corrected chi connectivity index (χ2v) is 4.48. The summed E-state index contributed by atoms with van der Waals surface area (Å²) >= 11 is 5.98. The molecular formula is C14H12ClN3O. The molecule has 0 aliphatic rings. The van der Waals surface area contributed by atoms with Gasteiger partial charge in [0.15, 0.2) is 0 Å². The Morgan fingerprint density at radius 2 is 1.84 bits per heavy atom. The minimum Gasteiger partial charge on any atom is -0.398 e. The summed E-state index contributed by atoms with van der Waals surface area (Å²) in [6.45, 7) is 0. The Morgan fingerprint density at radius 3 is 2.37 bits per heavy atom. The normalized spacial score (nSPS) is 10.2. The summed E-state index contributed by atoms with van der Waals surface area (Å²) in [5.74, 6) is -0.482. The number of primary amides is 1. The summed E-state index contributed by atoms with van der Waals surface area (Å²) in [4.78, 5) is 11.0. The zero-order chi connectivity index (χ0) is 14.0. The molecular weight excluding hydrogens is 262 g/mol. The molecule has 0 unspecified atom stereocenters. The van der Waals surface area contributed by atoms with E-state index in [2.05, 4.69) is 0 Å². The average Bonchev–Trinajstić information content (AvgIpc) is 2.38. The van der Waals surface area contributed by atoms with E-state index in [1.807, 2.05) is 0 Å². The molecule has 0 heterocycles. The minimum atomic E-state index is -0.482. The summed E-state index contributed by atoms with van der Waals surface area (Å²) in [7, 11) is 0. The minimum absolute atomic E-state index is 0.426. The highest BCUT2D eigenvalue weighted by molar-refractivity contribution is 6.31. The number of anilines is 1. The van der Waals surface area contributed by atoms with Gasteiger partial charge in [-0.2, -0.15) is 0 Å². The molecule has 0 aromatic heterocycles. The van der Waals surface area contributed by atoms with Crippen molar-refractivity contribution in [2.24, 2.45) is 5.73 Å². The van der Waals surface area contributed by atoms with Crippen LogP contribution in [0.3, 0.4) is 0 Å². The third-order valence-electron chi connectivity index (χ3n) is 2.80. The molecule has 0 bridgehead atoms. The van der Waals surface area contributed by atoms with E-state index in [4.69, 9.17) is 28.5 Å². The average molecular weight is 274 g/mol. The summed E-state index contributed by atoms with van der Waals surface area (Å²) in [5.41, 5.74) is 14.1. The quantitative estimate of drug-likeness (QED) is 0.592. The molecule has 1 amide bonds. The van der Waals surface area contributed by atoms with Crippen molar-refractivity contribution in [1.82, 2.24) is 0 Å². The van der Waals surface area contributed by atoms with Gasteiger partial charge in [0.25, 0.3) is 0 Å². The van der Waals surface area contributed by atoms with Crippen molar-refractivity contribution >= 4 is 29.4 Å². The number of carbonyl (C=O) groups is 1. The van der Waals surface area contributed by atoms with Crippen molar-refractivity contribution in [1.29, 1.82) is 5.41 Å². The van der Waals surface area contributed by atoms with Crippen LogP contribution < -0.4 is 11.5 Å². The van der Waals surface area contributed by atoms with E-state index < -0.39 is 5.91 Å². The van der Waals surface area contributed by atoms with Crippen molar-refractivity contribution in [3.63, 3.8) is 0 Å². The number of amides is 1. The van der Waals surface area contributed by atoms with E-state index in [0.717, 1.165) is 11.1 Å².